The summed E-state index contributed by atoms with van der Waals surface area (Å²) in [7, 11) is 1.51. The molecule has 1 N–H and O–H groups in total. The molecule has 0 bridgehead atoms. The Kier molecular flexibility index (Phi) is 4.94. The van der Waals surface area contributed by atoms with E-state index in [1.54, 1.807) is 35.1 Å². The maximum Gasteiger partial charge on any atom is 0.259 e. The number of rotatable bonds is 4. The highest BCUT2D eigenvalue weighted by molar-refractivity contribution is 6.31. The van der Waals surface area contributed by atoms with Crippen LogP contribution < -0.4 is 10.1 Å². The van der Waals surface area contributed by atoms with E-state index in [9.17, 15) is 4.79 Å². The molecule has 0 radical (unpaired) electrons. The van der Waals surface area contributed by atoms with E-state index in [0.717, 1.165) is 11.2 Å². The van der Waals surface area contributed by atoms with Crippen LogP contribution in [0.15, 0.2) is 54.6 Å². The summed E-state index contributed by atoms with van der Waals surface area (Å²) < 4.78 is 5.25. The number of aromatic nitrogens is 3. The van der Waals surface area contributed by atoms with Gasteiger partial charge in [-0.1, -0.05) is 17.7 Å². The molecule has 0 aliphatic carbocycles. The largest absolute Gasteiger partial charge is 0.496 e. The van der Waals surface area contributed by atoms with Crippen molar-refractivity contribution in [2.75, 3.05) is 12.4 Å². The van der Waals surface area contributed by atoms with Gasteiger partial charge in [-0.2, -0.15) is 4.80 Å². The van der Waals surface area contributed by atoms with Crippen molar-refractivity contribution in [3.63, 3.8) is 0 Å². The number of carbonyl (C=O) groups is 1. The Labute approximate surface area is 173 Å². The Hall–Kier alpha value is -3.38. The van der Waals surface area contributed by atoms with Crippen LogP contribution in [0.1, 0.15) is 21.5 Å². The molecule has 0 atom stereocenters. The Morgan fingerprint density at radius 2 is 1.76 bits per heavy atom. The smallest absolute Gasteiger partial charge is 0.259 e. The standard InChI is InChI=1S/C22H19ClN4O2/c1-13-4-7-17(10-14(13)2)27-25-19-8-6-16(12-20(19)26-27)24-22(28)18-11-15(23)5-9-21(18)29-3/h4-12H,1-3H3,(H,24,28). The maximum atomic E-state index is 12.7. The quantitative estimate of drug-likeness (QED) is 0.520. The van der Waals surface area contributed by atoms with E-state index in [-0.39, 0.29) is 5.91 Å². The number of fused-ring (bicyclic) bond motifs is 1. The number of halogens is 1. The number of aryl methyl sites for hydroxylation is 2. The van der Waals surface area contributed by atoms with Crippen LogP contribution in [-0.4, -0.2) is 28.0 Å². The van der Waals surface area contributed by atoms with Gasteiger partial charge < -0.3 is 10.1 Å². The first kappa shape index (κ1) is 19.0. The molecular weight excluding hydrogens is 388 g/mol. The number of carbonyl (C=O) groups excluding carboxylic acids is 1. The van der Waals surface area contributed by atoms with Gasteiger partial charge >= 0.3 is 0 Å². The van der Waals surface area contributed by atoms with Crippen molar-refractivity contribution >= 4 is 34.2 Å². The summed E-state index contributed by atoms with van der Waals surface area (Å²) in [6.45, 7) is 4.12. The Balaban J connectivity index is 1.63. The van der Waals surface area contributed by atoms with Gasteiger partial charge in [0, 0.05) is 10.7 Å². The summed E-state index contributed by atoms with van der Waals surface area (Å²) in [6, 6.07) is 16.4. The van der Waals surface area contributed by atoms with Crippen LogP contribution >= 0.6 is 11.6 Å². The monoisotopic (exact) mass is 406 g/mol. The van der Waals surface area contributed by atoms with E-state index in [1.807, 2.05) is 24.3 Å². The number of amides is 1. The minimum absolute atomic E-state index is 0.315. The van der Waals surface area contributed by atoms with Gasteiger partial charge in [-0.3, -0.25) is 4.79 Å². The van der Waals surface area contributed by atoms with Gasteiger partial charge in [-0.05, 0) is 73.5 Å². The van der Waals surface area contributed by atoms with Crippen LogP contribution in [0.25, 0.3) is 16.7 Å². The third-order valence-corrected chi connectivity index (χ3v) is 5.00. The molecule has 0 saturated carbocycles. The molecule has 0 unspecified atom stereocenters. The average molecular weight is 407 g/mol. The molecule has 4 rings (SSSR count). The number of nitrogens with one attached hydrogen (secondary N) is 1. The second-order valence-corrected chi connectivity index (χ2v) is 7.20. The highest BCUT2D eigenvalue weighted by Crippen LogP contribution is 2.25. The average Bonchev–Trinajstić information content (AvgIpc) is 3.13. The van der Waals surface area contributed by atoms with Gasteiger partial charge in [0.25, 0.3) is 5.91 Å². The minimum atomic E-state index is -0.315. The van der Waals surface area contributed by atoms with Gasteiger partial charge in [-0.15, -0.1) is 10.2 Å². The molecule has 3 aromatic carbocycles. The first-order valence-electron chi connectivity index (χ1n) is 9.04. The van der Waals surface area contributed by atoms with E-state index < -0.39 is 0 Å². The minimum Gasteiger partial charge on any atom is -0.496 e. The molecule has 0 spiro atoms. The van der Waals surface area contributed by atoms with Gasteiger partial charge in [0.05, 0.1) is 18.4 Å². The molecule has 0 fully saturated rings. The molecule has 29 heavy (non-hydrogen) atoms. The fourth-order valence-corrected chi connectivity index (χ4v) is 3.19. The zero-order valence-corrected chi connectivity index (χ0v) is 17.0. The van der Waals surface area contributed by atoms with Crippen LogP contribution in [0.2, 0.25) is 5.02 Å². The number of nitrogens with zero attached hydrogens (tertiary/aromatic N) is 3. The van der Waals surface area contributed by atoms with Crippen molar-refractivity contribution in [2.45, 2.75) is 13.8 Å². The number of ether oxygens (including phenoxy) is 1. The molecule has 0 aliphatic rings. The normalized spacial score (nSPS) is 10.9. The SMILES string of the molecule is COc1ccc(Cl)cc1C(=O)Nc1ccc2nn(-c3ccc(C)c(C)c3)nc2c1. The summed E-state index contributed by atoms with van der Waals surface area (Å²) in [6.07, 6.45) is 0. The van der Waals surface area contributed by atoms with Crippen LogP contribution in [0.4, 0.5) is 5.69 Å². The predicted molar refractivity (Wildman–Crippen MR) is 114 cm³/mol. The number of benzene rings is 3. The van der Waals surface area contributed by atoms with E-state index in [2.05, 4.69) is 29.4 Å². The van der Waals surface area contributed by atoms with E-state index >= 15 is 0 Å². The summed E-state index contributed by atoms with van der Waals surface area (Å²) in [5.74, 6) is 0.138. The first-order valence-corrected chi connectivity index (χ1v) is 9.42. The first-order chi connectivity index (χ1) is 13.9. The number of hydrogen-bond acceptors (Lipinski definition) is 4. The molecule has 1 amide bonds. The summed E-state index contributed by atoms with van der Waals surface area (Å²) >= 11 is 6.02. The van der Waals surface area contributed by atoms with Gasteiger partial charge in [0.1, 0.15) is 16.8 Å². The van der Waals surface area contributed by atoms with Crippen LogP contribution in [0.3, 0.4) is 0 Å². The molecule has 1 heterocycles. The predicted octanol–water partition coefficient (Wildman–Crippen LogP) is 4.95. The lowest BCUT2D eigenvalue weighted by Crippen LogP contribution is -2.13. The topological polar surface area (TPSA) is 69.0 Å². The zero-order valence-electron chi connectivity index (χ0n) is 16.2. The fraction of sp³-hybridized carbons (Fsp3) is 0.136. The number of anilines is 1. The van der Waals surface area contributed by atoms with E-state index in [4.69, 9.17) is 16.3 Å². The van der Waals surface area contributed by atoms with E-state index in [0.29, 0.717) is 27.5 Å². The van der Waals surface area contributed by atoms with Crippen LogP contribution in [0.5, 0.6) is 5.75 Å². The molecule has 6 nitrogen and oxygen atoms in total. The van der Waals surface area contributed by atoms with Gasteiger partial charge in [0.15, 0.2) is 0 Å². The molecule has 0 aliphatic heterocycles. The zero-order chi connectivity index (χ0) is 20.5. The molecule has 4 aromatic rings. The molecule has 146 valence electrons. The molecule has 0 saturated heterocycles. The lowest BCUT2D eigenvalue weighted by Gasteiger charge is -2.09. The third-order valence-electron chi connectivity index (χ3n) is 4.77. The lowest BCUT2D eigenvalue weighted by atomic mass is 10.1. The maximum absolute atomic E-state index is 12.7. The number of hydrogen-bond donors (Lipinski definition) is 1. The Bertz CT molecular complexity index is 1230. The lowest BCUT2D eigenvalue weighted by molar-refractivity contribution is 0.102. The van der Waals surface area contributed by atoms with Crippen molar-refractivity contribution in [1.29, 1.82) is 0 Å². The second kappa shape index (κ2) is 7.56. The van der Waals surface area contributed by atoms with Gasteiger partial charge in [0.2, 0.25) is 0 Å². The van der Waals surface area contributed by atoms with Crippen LogP contribution in [0, 0.1) is 13.8 Å². The highest BCUT2D eigenvalue weighted by atomic mass is 35.5. The van der Waals surface area contributed by atoms with E-state index in [1.165, 1.54) is 18.2 Å². The van der Waals surface area contributed by atoms with Crippen molar-refractivity contribution in [1.82, 2.24) is 15.0 Å². The van der Waals surface area contributed by atoms with Crippen molar-refractivity contribution in [3.05, 3.63) is 76.3 Å². The Morgan fingerprint density at radius 1 is 0.966 bits per heavy atom. The Morgan fingerprint density at radius 3 is 2.52 bits per heavy atom. The highest BCUT2D eigenvalue weighted by Gasteiger charge is 2.14. The summed E-state index contributed by atoms with van der Waals surface area (Å²) in [5, 5.41) is 12.4. The third kappa shape index (κ3) is 3.79. The summed E-state index contributed by atoms with van der Waals surface area (Å²) in [4.78, 5) is 14.3. The number of methoxy groups -OCH3 is 1. The second-order valence-electron chi connectivity index (χ2n) is 6.76. The van der Waals surface area contributed by atoms with Crippen LogP contribution in [-0.2, 0) is 0 Å². The van der Waals surface area contributed by atoms with Crippen molar-refractivity contribution in [2.24, 2.45) is 0 Å². The fourth-order valence-electron chi connectivity index (χ4n) is 3.01. The molecule has 7 heteroatoms. The van der Waals surface area contributed by atoms with Crippen molar-refractivity contribution < 1.29 is 9.53 Å². The molecular formula is C22H19ClN4O2. The summed E-state index contributed by atoms with van der Waals surface area (Å²) in [5.41, 5.74) is 5.66. The molecule has 1 aromatic heterocycles. The van der Waals surface area contributed by atoms with Crippen molar-refractivity contribution in [3.8, 4) is 11.4 Å². The van der Waals surface area contributed by atoms with Gasteiger partial charge in [-0.25, -0.2) is 0 Å².